The highest BCUT2D eigenvalue weighted by Crippen LogP contribution is 2.10. The quantitative estimate of drug-likeness (QED) is 0.946. The van der Waals surface area contributed by atoms with Crippen molar-refractivity contribution in [2.75, 3.05) is 0 Å². The SMILES string of the molecule is N#Cc1cccc(CNC(=O)c2cncc(Br)c2)c1. The maximum atomic E-state index is 11.9. The number of carbonyl (C=O) groups is 1. The van der Waals surface area contributed by atoms with Crippen LogP contribution in [0.4, 0.5) is 0 Å². The summed E-state index contributed by atoms with van der Waals surface area (Å²) in [5, 5.41) is 11.6. The Bertz CT molecular complexity index is 649. The van der Waals surface area contributed by atoms with Crippen molar-refractivity contribution in [3.8, 4) is 6.07 Å². The number of nitrogens with one attached hydrogen (secondary N) is 1. The minimum absolute atomic E-state index is 0.198. The first-order valence-corrected chi connectivity index (χ1v) is 6.36. The van der Waals surface area contributed by atoms with Crippen LogP contribution in [0.5, 0.6) is 0 Å². The number of rotatable bonds is 3. The molecule has 0 aliphatic carbocycles. The topological polar surface area (TPSA) is 65.8 Å². The number of hydrogen-bond acceptors (Lipinski definition) is 3. The van der Waals surface area contributed by atoms with Crippen molar-refractivity contribution in [1.29, 1.82) is 5.26 Å². The number of nitrogens with zero attached hydrogens (tertiary/aromatic N) is 2. The summed E-state index contributed by atoms with van der Waals surface area (Å²) < 4.78 is 0.756. The third-order valence-electron chi connectivity index (χ3n) is 2.48. The first kappa shape index (κ1) is 13.2. The minimum atomic E-state index is -0.198. The predicted octanol–water partition coefficient (Wildman–Crippen LogP) is 2.65. The van der Waals surface area contributed by atoms with E-state index in [0.29, 0.717) is 17.7 Å². The van der Waals surface area contributed by atoms with Crippen molar-refractivity contribution in [3.63, 3.8) is 0 Å². The van der Waals surface area contributed by atoms with Gasteiger partial charge in [-0.2, -0.15) is 5.26 Å². The summed E-state index contributed by atoms with van der Waals surface area (Å²) in [6, 6.07) is 10.9. The molecular weight excluding hydrogens is 306 g/mol. The fourth-order valence-electron chi connectivity index (χ4n) is 1.57. The lowest BCUT2D eigenvalue weighted by atomic mass is 10.1. The molecular formula is C14H10BrN3O. The van der Waals surface area contributed by atoms with Gasteiger partial charge in [0.25, 0.3) is 5.91 Å². The second-order valence-corrected chi connectivity index (χ2v) is 4.80. The Morgan fingerprint density at radius 1 is 1.37 bits per heavy atom. The zero-order chi connectivity index (χ0) is 13.7. The molecule has 0 aliphatic heterocycles. The summed E-state index contributed by atoms with van der Waals surface area (Å²) in [4.78, 5) is 15.8. The van der Waals surface area contributed by atoms with Crippen molar-refractivity contribution >= 4 is 21.8 Å². The molecule has 1 heterocycles. The Morgan fingerprint density at radius 3 is 2.95 bits per heavy atom. The van der Waals surface area contributed by atoms with Crippen LogP contribution in [-0.4, -0.2) is 10.9 Å². The zero-order valence-corrected chi connectivity index (χ0v) is 11.5. The van der Waals surface area contributed by atoms with E-state index >= 15 is 0 Å². The molecule has 94 valence electrons. The van der Waals surface area contributed by atoms with E-state index in [0.717, 1.165) is 10.0 Å². The largest absolute Gasteiger partial charge is 0.348 e. The Kier molecular flexibility index (Phi) is 4.26. The molecule has 19 heavy (non-hydrogen) atoms. The van der Waals surface area contributed by atoms with Gasteiger partial charge in [-0.3, -0.25) is 9.78 Å². The second-order valence-electron chi connectivity index (χ2n) is 3.89. The van der Waals surface area contributed by atoms with Gasteiger partial charge in [0.15, 0.2) is 0 Å². The fourth-order valence-corrected chi connectivity index (χ4v) is 1.94. The molecule has 0 bridgehead atoms. The maximum Gasteiger partial charge on any atom is 0.253 e. The molecule has 2 aromatic rings. The van der Waals surface area contributed by atoms with Gasteiger partial charge in [-0.25, -0.2) is 0 Å². The molecule has 0 unspecified atom stereocenters. The highest BCUT2D eigenvalue weighted by atomic mass is 79.9. The Balaban J connectivity index is 2.02. The smallest absolute Gasteiger partial charge is 0.253 e. The first-order valence-electron chi connectivity index (χ1n) is 5.57. The van der Waals surface area contributed by atoms with Crippen molar-refractivity contribution in [3.05, 3.63) is 63.9 Å². The van der Waals surface area contributed by atoms with Gasteiger partial charge in [-0.1, -0.05) is 12.1 Å². The Labute approximate surface area is 119 Å². The number of carbonyl (C=O) groups excluding carboxylic acids is 1. The average Bonchev–Trinajstić information content (AvgIpc) is 2.45. The van der Waals surface area contributed by atoms with E-state index in [-0.39, 0.29) is 5.91 Å². The van der Waals surface area contributed by atoms with Crippen LogP contribution in [0.3, 0.4) is 0 Å². The molecule has 5 heteroatoms. The molecule has 1 N–H and O–H groups in total. The van der Waals surface area contributed by atoms with E-state index in [9.17, 15) is 4.79 Å². The van der Waals surface area contributed by atoms with Crippen molar-refractivity contribution in [2.24, 2.45) is 0 Å². The number of aromatic nitrogens is 1. The molecule has 0 radical (unpaired) electrons. The van der Waals surface area contributed by atoms with Crippen LogP contribution in [0.2, 0.25) is 0 Å². The van der Waals surface area contributed by atoms with Gasteiger partial charge >= 0.3 is 0 Å². The third kappa shape index (κ3) is 3.63. The van der Waals surface area contributed by atoms with Crippen LogP contribution in [0.1, 0.15) is 21.5 Å². The summed E-state index contributed by atoms with van der Waals surface area (Å²) in [5.41, 5.74) is 1.96. The van der Waals surface area contributed by atoms with Gasteiger partial charge in [0, 0.05) is 23.4 Å². The van der Waals surface area contributed by atoms with Crippen LogP contribution in [-0.2, 0) is 6.54 Å². The average molecular weight is 316 g/mol. The number of halogens is 1. The molecule has 0 atom stereocenters. The van der Waals surface area contributed by atoms with Gasteiger partial charge < -0.3 is 5.32 Å². The third-order valence-corrected chi connectivity index (χ3v) is 2.91. The summed E-state index contributed by atoms with van der Waals surface area (Å²) in [5.74, 6) is -0.198. The Morgan fingerprint density at radius 2 is 2.21 bits per heavy atom. The minimum Gasteiger partial charge on any atom is -0.348 e. The standard InChI is InChI=1S/C14H10BrN3O/c15-13-5-12(8-17-9-13)14(19)18-7-11-3-1-2-10(4-11)6-16/h1-5,8-9H,7H2,(H,18,19). The molecule has 0 aliphatic rings. The molecule has 4 nitrogen and oxygen atoms in total. The van der Waals surface area contributed by atoms with Gasteiger partial charge in [0.05, 0.1) is 17.2 Å². The van der Waals surface area contributed by atoms with E-state index in [4.69, 9.17) is 5.26 Å². The molecule has 0 spiro atoms. The molecule has 1 amide bonds. The van der Waals surface area contributed by atoms with E-state index < -0.39 is 0 Å². The fraction of sp³-hybridized carbons (Fsp3) is 0.0714. The number of benzene rings is 1. The van der Waals surface area contributed by atoms with E-state index in [1.54, 1.807) is 30.5 Å². The van der Waals surface area contributed by atoms with Crippen LogP contribution in [0, 0.1) is 11.3 Å². The van der Waals surface area contributed by atoms with E-state index in [1.807, 2.05) is 6.07 Å². The zero-order valence-electron chi connectivity index (χ0n) is 9.93. The van der Waals surface area contributed by atoms with Crippen LogP contribution >= 0.6 is 15.9 Å². The Hall–Kier alpha value is -2.19. The second kappa shape index (κ2) is 6.12. The number of hydrogen-bond donors (Lipinski definition) is 1. The first-order chi connectivity index (χ1) is 9.19. The monoisotopic (exact) mass is 315 g/mol. The highest BCUT2D eigenvalue weighted by molar-refractivity contribution is 9.10. The summed E-state index contributed by atoms with van der Waals surface area (Å²) in [6.07, 6.45) is 3.12. The van der Waals surface area contributed by atoms with Gasteiger partial charge in [0.2, 0.25) is 0 Å². The molecule has 0 saturated carbocycles. The molecule has 1 aromatic heterocycles. The van der Waals surface area contributed by atoms with E-state index in [2.05, 4.69) is 32.3 Å². The predicted molar refractivity (Wildman–Crippen MR) is 74.3 cm³/mol. The lowest BCUT2D eigenvalue weighted by Crippen LogP contribution is -2.22. The summed E-state index contributed by atoms with van der Waals surface area (Å²) >= 11 is 3.27. The number of pyridine rings is 1. The van der Waals surface area contributed by atoms with Crippen molar-refractivity contribution in [1.82, 2.24) is 10.3 Å². The molecule has 1 aromatic carbocycles. The summed E-state index contributed by atoms with van der Waals surface area (Å²) in [7, 11) is 0. The molecule has 2 rings (SSSR count). The lowest BCUT2D eigenvalue weighted by Gasteiger charge is -2.05. The lowest BCUT2D eigenvalue weighted by molar-refractivity contribution is 0.0950. The van der Waals surface area contributed by atoms with Crippen LogP contribution in [0.15, 0.2) is 47.2 Å². The van der Waals surface area contributed by atoms with Crippen LogP contribution in [0.25, 0.3) is 0 Å². The molecule has 0 saturated heterocycles. The maximum absolute atomic E-state index is 11.9. The van der Waals surface area contributed by atoms with Crippen molar-refractivity contribution in [2.45, 2.75) is 6.54 Å². The number of amides is 1. The normalized spacial score (nSPS) is 9.68. The van der Waals surface area contributed by atoms with Crippen molar-refractivity contribution < 1.29 is 4.79 Å². The summed E-state index contributed by atoms with van der Waals surface area (Å²) in [6.45, 7) is 0.376. The van der Waals surface area contributed by atoms with E-state index in [1.165, 1.54) is 6.20 Å². The van der Waals surface area contributed by atoms with Gasteiger partial charge in [-0.05, 0) is 39.7 Å². The van der Waals surface area contributed by atoms with Gasteiger partial charge in [-0.15, -0.1) is 0 Å². The highest BCUT2D eigenvalue weighted by Gasteiger charge is 2.06. The van der Waals surface area contributed by atoms with Crippen LogP contribution < -0.4 is 5.32 Å². The molecule has 0 fully saturated rings. The number of nitriles is 1. The van der Waals surface area contributed by atoms with Gasteiger partial charge in [0.1, 0.15) is 0 Å².